The van der Waals surface area contributed by atoms with Crippen molar-refractivity contribution >= 4 is 17.0 Å². The van der Waals surface area contributed by atoms with Gasteiger partial charge >= 0.3 is 5.97 Å². The summed E-state index contributed by atoms with van der Waals surface area (Å²) in [6.45, 7) is 2.21. The van der Waals surface area contributed by atoms with Crippen LogP contribution in [0.1, 0.15) is 33.2 Å². The Labute approximate surface area is 213 Å². The zero-order valence-corrected chi connectivity index (χ0v) is 20.7. The number of methoxy groups -OCH3 is 2. The molecule has 2 N–H and O–H groups in total. The van der Waals surface area contributed by atoms with Crippen LogP contribution in [0.15, 0.2) is 54.9 Å². The van der Waals surface area contributed by atoms with Crippen molar-refractivity contribution in [1.29, 1.82) is 0 Å². The molecule has 0 saturated heterocycles. The number of aromatic carboxylic acids is 1. The number of carboxylic acid groups (broad SMARTS) is 1. The van der Waals surface area contributed by atoms with Crippen LogP contribution >= 0.6 is 0 Å². The van der Waals surface area contributed by atoms with Crippen molar-refractivity contribution < 1.29 is 33.6 Å². The molecule has 0 spiro atoms. The molecule has 37 heavy (non-hydrogen) atoms. The second-order valence-electron chi connectivity index (χ2n) is 8.53. The highest BCUT2D eigenvalue weighted by Gasteiger charge is 2.26. The number of carbonyl (C=O) groups is 1. The zero-order chi connectivity index (χ0) is 26.5. The third-order valence-corrected chi connectivity index (χ3v) is 6.15. The normalized spacial score (nSPS) is 12.9. The smallest absolute Gasteiger partial charge is 0.338 e. The summed E-state index contributed by atoms with van der Waals surface area (Å²) in [4.78, 5) is 15.8. The van der Waals surface area contributed by atoms with Gasteiger partial charge in [0.1, 0.15) is 40.6 Å². The first kappa shape index (κ1) is 26.1. The fourth-order valence-electron chi connectivity index (χ4n) is 4.13. The largest absolute Gasteiger partial charge is 0.496 e. The van der Waals surface area contributed by atoms with E-state index in [-0.39, 0.29) is 30.0 Å². The monoisotopic (exact) mass is 509 g/mol. The first-order valence-electron chi connectivity index (χ1n) is 11.6. The second kappa shape index (κ2) is 11.4. The van der Waals surface area contributed by atoms with Crippen LogP contribution in [-0.2, 0) is 17.7 Å². The molecule has 10 heteroatoms. The van der Waals surface area contributed by atoms with Gasteiger partial charge in [-0.15, -0.1) is 0 Å². The molecule has 0 fully saturated rings. The van der Waals surface area contributed by atoms with E-state index in [1.807, 2.05) is 6.92 Å². The standard InChI is InChI=1S/C27H28FN3O6/c1-16-22(35-2)12-18(13-23(16)36-3)26(32)24(37-11-9-17-4-6-19(28)7-5-17)15-31-14-21-25(30-31)20(27(33)34)8-10-29-21/h4-8,10,12-14,24,26,32H,9,11,15H2,1-3H3,(H,33,34). The Bertz CT molecular complexity index is 1360. The molecule has 9 nitrogen and oxygen atoms in total. The summed E-state index contributed by atoms with van der Waals surface area (Å²) in [5.74, 6) is -0.318. The summed E-state index contributed by atoms with van der Waals surface area (Å²) in [6.07, 6.45) is 1.64. The maximum Gasteiger partial charge on any atom is 0.338 e. The molecule has 2 aromatic heterocycles. The van der Waals surface area contributed by atoms with Crippen LogP contribution in [0.25, 0.3) is 11.0 Å². The van der Waals surface area contributed by atoms with Gasteiger partial charge in [-0.05, 0) is 54.8 Å². The minimum Gasteiger partial charge on any atom is -0.496 e. The van der Waals surface area contributed by atoms with Crippen molar-refractivity contribution in [1.82, 2.24) is 14.8 Å². The van der Waals surface area contributed by atoms with Crippen LogP contribution in [0.4, 0.5) is 4.39 Å². The summed E-state index contributed by atoms with van der Waals surface area (Å²) in [5.41, 5.74) is 2.89. The number of aromatic nitrogens is 3. The van der Waals surface area contributed by atoms with Gasteiger partial charge < -0.3 is 24.4 Å². The van der Waals surface area contributed by atoms with Gasteiger partial charge in [-0.3, -0.25) is 9.67 Å². The molecule has 2 aromatic carbocycles. The van der Waals surface area contributed by atoms with Gasteiger partial charge in [0.15, 0.2) is 0 Å². The lowest BCUT2D eigenvalue weighted by atomic mass is 10.0. The Morgan fingerprint density at radius 1 is 1.11 bits per heavy atom. The molecule has 4 rings (SSSR count). The summed E-state index contributed by atoms with van der Waals surface area (Å²) >= 11 is 0. The highest BCUT2D eigenvalue weighted by Crippen LogP contribution is 2.34. The predicted molar refractivity (Wildman–Crippen MR) is 134 cm³/mol. The quantitative estimate of drug-likeness (QED) is 0.312. The van der Waals surface area contributed by atoms with E-state index in [1.54, 1.807) is 30.5 Å². The lowest BCUT2D eigenvalue weighted by Crippen LogP contribution is -2.29. The maximum atomic E-state index is 13.3. The first-order valence-corrected chi connectivity index (χ1v) is 11.6. The van der Waals surface area contributed by atoms with Crippen molar-refractivity contribution in [3.05, 3.63) is 82.9 Å². The maximum absolute atomic E-state index is 13.3. The molecule has 2 heterocycles. The number of aliphatic hydroxyl groups is 1. The van der Waals surface area contributed by atoms with Crippen molar-refractivity contribution in [2.45, 2.75) is 32.1 Å². The third-order valence-electron chi connectivity index (χ3n) is 6.15. The van der Waals surface area contributed by atoms with Gasteiger partial charge in [-0.2, -0.15) is 5.10 Å². The molecular formula is C27H28FN3O6. The van der Waals surface area contributed by atoms with E-state index >= 15 is 0 Å². The molecule has 194 valence electrons. The Morgan fingerprint density at radius 3 is 2.41 bits per heavy atom. The number of benzene rings is 2. The van der Waals surface area contributed by atoms with Crippen LogP contribution in [0.3, 0.4) is 0 Å². The zero-order valence-electron chi connectivity index (χ0n) is 20.7. The van der Waals surface area contributed by atoms with Crippen molar-refractivity contribution in [3.63, 3.8) is 0 Å². The molecule has 4 aromatic rings. The van der Waals surface area contributed by atoms with E-state index in [2.05, 4.69) is 10.1 Å². The number of hydrogen-bond donors (Lipinski definition) is 2. The van der Waals surface area contributed by atoms with Gasteiger partial charge in [0.25, 0.3) is 0 Å². The van der Waals surface area contributed by atoms with Gasteiger partial charge in [0, 0.05) is 11.8 Å². The lowest BCUT2D eigenvalue weighted by molar-refractivity contribution is -0.0480. The van der Waals surface area contributed by atoms with Gasteiger partial charge in [-0.1, -0.05) is 12.1 Å². The molecule has 0 saturated carbocycles. The van der Waals surface area contributed by atoms with Gasteiger partial charge in [0.2, 0.25) is 0 Å². The summed E-state index contributed by atoms with van der Waals surface area (Å²) in [6, 6.07) is 11.0. The van der Waals surface area contributed by atoms with Gasteiger partial charge in [0.05, 0.1) is 39.1 Å². The molecule has 0 aliphatic rings. The lowest BCUT2D eigenvalue weighted by Gasteiger charge is -2.25. The number of halogens is 1. The summed E-state index contributed by atoms with van der Waals surface area (Å²) < 4.78 is 31.8. The average molecular weight is 510 g/mol. The van der Waals surface area contributed by atoms with Crippen LogP contribution < -0.4 is 9.47 Å². The Balaban J connectivity index is 1.63. The van der Waals surface area contributed by atoms with Gasteiger partial charge in [-0.25, -0.2) is 9.18 Å². The number of pyridine rings is 1. The first-order chi connectivity index (χ1) is 17.8. The highest BCUT2D eigenvalue weighted by molar-refractivity contribution is 6.00. The van der Waals surface area contributed by atoms with E-state index in [4.69, 9.17) is 14.2 Å². The topological polar surface area (TPSA) is 116 Å². The number of hydrogen-bond acceptors (Lipinski definition) is 7. The van der Waals surface area contributed by atoms with Crippen molar-refractivity contribution in [2.24, 2.45) is 0 Å². The third kappa shape index (κ3) is 5.87. The highest BCUT2D eigenvalue weighted by atomic mass is 19.1. The minimum atomic E-state index is -1.11. The molecule has 0 bridgehead atoms. The average Bonchev–Trinajstić information content (AvgIpc) is 3.31. The molecule has 0 radical (unpaired) electrons. The molecule has 0 amide bonds. The van der Waals surface area contributed by atoms with Crippen LogP contribution in [-0.4, -0.2) is 57.9 Å². The Kier molecular flexibility index (Phi) is 8.00. The molecule has 0 aliphatic carbocycles. The molecule has 0 aliphatic heterocycles. The van der Waals surface area contributed by atoms with E-state index < -0.39 is 18.2 Å². The number of aliphatic hydroxyl groups excluding tert-OH is 1. The number of ether oxygens (including phenoxy) is 3. The molecule has 2 atom stereocenters. The molecule has 2 unspecified atom stereocenters. The van der Waals surface area contributed by atoms with Crippen LogP contribution in [0.5, 0.6) is 11.5 Å². The minimum absolute atomic E-state index is 0.0334. The fourth-order valence-corrected chi connectivity index (χ4v) is 4.13. The summed E-state index contributed by atoms with van der Waals surface area (Å²) in [7, 11) is 3.08. The van der Waals surface area contributed by atoms with Crippen molar-refractivity contribution in [2.75, 3.05) is 20.8 Å². The number of carboxylic acids is 1. The van der Waals surface area contributed by atoms with E-state index in [1.165, 1.54) is 43.3 Å². The Morgan fingerprint density at radius 2 is 1.78 bits per heavy atom. The fraction of sp³-hybridized carbons (Fsp3) is 0.296. The Hall–Kier alpha value is -4.02. The second-order valence-corrected chi connectivity index (χ2v) is 8.53. The number of nitrogens with zero attached hydrogens (tertiary/aromatic N) is 3. The van der Waals surface area contributed by atoms with E-state index in [0.717, 1.165) is 11.1 Å². The number of fused-ring (bicyclic) bond motifs is 1. The van der Waals surface area contributed by atoms with E-state index in [9.17, 15) is 19.4 Å². The van der Waals surface area contributed by atoms with E-state index in [0.29, 0.717) is 29.0 Å². The predicted octanol–water partition coefficient (Wildman–Crippen LogP) is 3.96. The number of rotatable bonds is 11. The molecular weight excluding hydrogens is 481 g/mol. The summed E-state index contributed by atoms with van der Waals surface area (Å²) in [5, 5.41) is 25.3. The van der Waals surface area contributed by atoms with Crippen molar-refractivity contribution in [3.8, 4) is 11.5 Å². The van der Waals surface area contributed by atoms with Crippen LogP contribution in [0.2, 0.25) is 0 Å². The SMILES string of the molecule is COc1cc(C(O)C(Cn2cc3nccc(C(=O)O)c3n2)OCCc2ccc(F)cc2)cc(OC)c1C. The van der Waals surface area contributed by atoms with Crippen LogP contribution in [0, 0.1) is 12.7 Å².